The molecule has 0 heterocycles. The normalized spacial score (nSPS) is 12.4. The van der Waals surface area contributed by atoms with E-state index in [4.69, 9.17) is 17.4 Å². The first-order valence-electron chi connectivity index (χ1n) is 6.17. The maximum absolute atomic E-state index is 13.2. The highest BCUT2D eigenvalue weighted by Crippen LogP contribution is 2.25. The lowest BCUT2D eigenvalue weighted by Crippen LogP contribution is -2.30. The Bertz CT molecular complexity index is 617. The van der Waals surface area contributed by atoms with Crippen LogP contribution in [-0.2, 0) is 6.42 Å². The molecule has 0 aliphatic heterocycles. The molecular weight excluding hydrogens is 282 g/mol. The predicted octanol–water partition coefficient (Wildman–Crippen LogP) is 3.67. The van der Waals surface area contributed by atoms with Crippen LogP contribution in [0.1, 0.15) is 22.7 Å². The fourth-order valence-electron chi connectivity index (χ4n) is 2.15. The van der Waals surface area contributed by atoms with Gasteiger partial charge in [0.2, 0.25) is 0 Å². The molecule has 0 bridgehead atoms. The van der Waals surface area contributed by atoms with Crippen LogP contribution in [0.5, 0.6) is 0 Å². The molecule has 0 aliphatic rings. The van der Waals surface area contributed by atoms with E-state index in [0.717, 1.165) is 17.2 Å². The highest BCUT2D eigenvalue weighted by Gasteiger charge is 2.14. The number of hydrogen-bond acceptors (Lipinski definition) is 2. The van der Waals surface area contributed by atoms with Crippen LogP contribution in [0, 0.1) is 18.6 Å². The summed E-state index contributed by atoms with van der Waals surface area (Å²) in [6, 6.07) is 9.13. The lowest BCUT2D eigenvalue weighted by Gasteiger charge is -2.19. The average Bonchev–Trinajstić information content (AvgIpc) is 2.43. The molecule has 2 rings (SSSR count). The Labute approximate surface area is 121 Å². The molecule has 0 saturated carbocycles. The molecule has 0 aromatic heterocycles. The van der Waals surface area contributed by atoms with Gasteiger partial charge in [-0.15, -0.1) is 0 Å². The molecule has 0 saturated heterocycles. The lowest BCUT2D eigenvalue weighted by atomic mass is 9.96. The molecule has 3 N–H and O–H groups in total. The van der Waals surface area contributed by atoms with Gasteiger partial charge in [0.05, 0.1) is 6.04 Å². The van der Waals surface area contributed by atoms with Crippen LogP contribution < -0.4 is 11.3 Å². The van der Waals surface area contributed by atoms with Gasteiger partial charge in [-0.2, -0.15) is 0 Å². The summed E-state index contributed by atoms with van der Waals surface area (Å²) in [5, 5.41) is 0.608. The first-order chi connectivity index (χ1) is 9.51. The largest absolute Gasteiger partial charge is 0.271 e. The van der Waals surface area contributed by atoms with Crippen molar-refractivity contribution < 1.29 is 8.78 Å². The SMILES string of the molecule is Cc1ccc(Cl)cc1C(Cc1ccc(F)c(F)c1)NN. The van der Waals surface area contributed by atoms with Gasteiger partial charge in [0.15, 0.2) is 11.6 Å². The third-order valence-corrected chi connectivity index (χ3v) is 3.48. The minimum atomic E-state index is -0.860. The van der Waals surface area contributed by atoms with Gasteiger partial charge in [-0.05, 0) is 54.3 Å². The molecule has 20 heavy (non-hydrogen) atoms. The Morgan fingerprint density at radius 2 is 1.90 bits per heavy atom. The number of halogens is 3. The van der Waals surface area contributed by atoms with E-state index in [-0.39, 0.29) is 6.04 Å². The molecule has 0 fully saturated rings. The van der Waals surface area contributed by atoms with Crippen LogP contribution in [0.3, 0.4) is 0 Å². The van der Waals surface area contributed by atoms with Crippen molar-refractivity contribution in [3.8, 4) is 0 Å². The van der Waals surface area contributed by atoms with Gasteiger partial charge < -0.3 is 0 Å². The number of nitrogens with two attached hydrogens (primary N) is 1. The lowest BCUT2D eigenvalue weighted by molar-refractivity contribution is 0.502. The first-order valence-corrected chi connectivity index (χ1v) is 6.55. The molecule has 106 valence electrons. The molecule has 2 aromatic rings. The van der Waals surface area contributed by atoms with Gasteiger partial charge in [-0.1, -0.05) is 23.7 Å². The second-order valence-electron chi connectivity index (χ2n) is 4.67. The van der Waals surface area contributed by atoms with Crippen molar-refractivity contribution >= 4 is 11.6 Å². The number of nitrogens with one attached hydrogen (secondary N) is 1. The summed E-state index contributed by atoms with van der Waals surface area (Å²) in [4.78, 5) is 0. The smallest absolute Gasteiger partial charge is 0.159 e. The maximum atomic E-state index is 13.2. The molecule has 0 aliphatic carbocycles. The van der Waals surface area contributed by atoms with Crippen molar-refractivity contribution in [1.82, 2.24) is 5.43 Å². The summed E-state index contributed by atoms with van der Waals surface area (Å²) in [6.45, 7) is 1.95. The highest BCUT2D eigenvalue weighted by molar-refractivity contribution is 6.30. The monoisotopic (exact) mass is 296 g/mol. The summed E-state index contributed by atoms with van der Waals surface area (Å²) in [7, 11) is 0. The molecular formula is C15H15ClF2N2. The zero-order valence-electron chi connectivity index (χ0n) is 11.0. The maximum Gasteiger partial charge on any atom is 0.159 e. The van der Waals surface area contributed by atoms with E-state index < -0.39 is 11.6 Å². The summed E-state index contributed by atoms with van der Waals surface area (Å²) < 4.78 is 26.2. The Morgan fingerprint density at radius 1 is 1.15 bits per heavy atom. The molecule has 1 unspecified atom stereocenters. The number of rotatable bonds is 4. The second kappa shape index (κ2) is 6.31. The average molecular weight is 297 g/mol. The summed E-state index contributed by atoms with van der Waals surface area (Å²) in [6.07, 6.45) is 0.439. The van der Waals surface area contributed by atoms with Crippen LogP contribution in [0.2, 0.25) is 5.02 Å². The van der Waals surface area contributed by atoms with Gasteiger partial charge in [0, 0.05) is 5.02 Å². The van der Waals surface area contributed by atoms with Crippen molar-refractivity contribution in [2.75, 3.05) is 0 Å². The van der Waals surface area contributed by atoms with E-state index in [1.54, 1.807) is 12.1 Å². The Balaban J connectivity index is 2.28. The van der Waals surface area contributed by atoms with E-state index in [1.807, 2.05) is 19.1 Å². The molecule has 0 amide bonds. The number of hydrogen-bond donors (Lipinski definition) is 2. The molecule has 0 spiro atoms. The Hall–Kier alpha value is -1.49. The number of aryl methyl sites for hydroxylation is 1. The van der Waals surface area contributed by atoms with Crippen LogP contribution >= 0.6 is 11.6 Å². The van der Waals surface area contributed by atoms with Crippen molar-refractivity contribution in [2.45, 2.75) is 19.4 Å². The molecule has 2 nitrogen and oxygen atoms in total. The molecule has 1 atom stereocenters. The van der Waals surface area contributed by atoms with Crippen LogP contribution in [0.4, 0.5) is 8.78 Å². The van der Waals surface area contributed by atoms with Crippen molar-refractivity contribution in [1.29, 1.82) is 0 Å². The van der Waals surface area contributed by atoms with Crippen molar-refractivity contribution in [2.24, 2.45) is 5.84 Å². The van der Waals surface area contributed by atoms with Gasteiger partial charge in [0.1, 0.15) is 0 Å². The van der Waals surface area contributed by atoms with Gasteiger partial charge in [-0.3, -0.25) is 11.3 Å². The molecule has 0 radical (unpaired) electrons. The first kappa shape index (κ1) is 14.9. The van der Waals surface area contributed by atoms with E-state index in [9.17, 15) is 8.78 Å². The van der Waals surface area contributed by atoms with Crippen molar-refractivity contribution in [3.05, 3.63) is 69.7 Å². The van der Waals surface area contributed by atoms with Gasteiger partial charge in [-0.25, -0.2) is 8.78 Å². The third kappa shape index (κ3) is 3.33. The third-order valence-electron chi connectivity index (χ3n) is 3.24. The van der Waals surface area contributed by atoms with Crippen LogP contribution in [0.15, 0.2) is 36.4 Å². The summed E-state index contributed by atoms with van der Waals surface area (Å²) in [5.74, 6) is 3.86. The Kier molecular flexibility index (Phi) is 4.70. The minimum Gasteiger partial charge on any atom is -0.271 e. The fraction of sp³-hybridized carbons (Fsp3) is 0.200. The number of hydrazine groups is 1. The quantitative estimate of drug-likeness (QED) is 0.667. The zero-order chi connectivity index (χ0) is 14.7. The predicted molar refractivity (Wildman–Crippen MR) is 76.3 cm³/mol. The molecule has 2 aromatic carbocycles. The Morgan fingerprint density at radius 3 is 2.55 bits per heavy atom. The van der Waals surface area contributed by atoms with E-state index in [0.29, 0.717) is 17.0 Å². The molecule has 5 heteroatoms. The standard InChI is InChI=1S/C15H15ClF2N2/c1-9-2-4-11(16)8-12(9)15(20-19)7-10-3-5-13(17)14(18)6-10/h2-6,8,15,20H,7,19H2,1H3. The van der Waals surface area contributed by atoms with E-state index in [1.165, 1.54) is 6.07 Å². The zero-order valence-corrected chi connectivity index (χ0v) is 11.7. The highest BCUT2D eigenvalue weighted by atomic mass is 35.5. The van der Waals surface area contributed by atoms with Gasteiger partial charge in [0.25, 0.3) is 0 Å². The van der Waals surface area contributed by atoms with E-state index >= 15 is 0 Å². The topological polar surface area (TPSA) is 38.0 Å². The number of benzene rings is 2. The second-order valence-corrected chi connectivity index (χ2v) is 5.11. The van der Waals surface area contributed by atoms with Crippen LogP contribution in [0.25, 0.3) is 0 Å². The summed E-state index contributed by atoms with van der Waals surface area (Å²) in [5.41, 5.74) is 5.32. The summed E-state index contributed by atoms with van der Waals surface area (Å²) >= 11 is 5.99. The van der Waals surface area contributed by atoms with Crippen molar-refractivity contribution in [3.63, 3.8) is 0 Å². The van der Waals surface area contributed by atoms with Crippen LogP contribution in [-0.4, -0.2) is 0 Å². The fourth-order valence-corrected chi connectivity index (χ4v) is 2.33. The van der Waals surface area contributed by atoms with Gasteiger partial charge >= 0.3 is 0 Å². The van der Waals surface area contributed by atoms with E-state index in [2.05, 4.69) is 5.43 Å². The minimum absolute atomic E-state index is 0.224.